The van der Waals surface area contributed by atoms with Crippen molar-refractivity contribution < 1.29 is 27.5 Å². The number of aryl methyl sites for hydroxylation is 1. The summed E-state index contributed by atoms with van der Waals surface area (Å²) in [6.07, 6.45) is -4.34. The number of nitrogens with one attached hydrogen (secondary N) is 3. The SMILES string of the molecule is Cc1ccc(NC(=O)CNC(=O)OCC(F)(F)F)c2[nH]ncc12. The van der Waals surface area contributed by atoms with Gasteiger partial charge in [-0.25, -0.2) is 4.79 Å². The lowest BCUT2D eigenvalue weighted by atomic mass is 10.1. The second-order valence-electron chi connectivity index (χ2n) is 4.68. The van der Waals surface area contributed by atoms with Crippen molar-refractivity contribution in [1.29, 1.82) is 0 Å². The summed E-state index contributed by atoms with van der Waals surface area (Å²) in [5, 5.41) is 11.9. The lowest BCUT2D eigenvalue weighted by Gasteiger charge is -2.10. The third kappa shape index (κ3) is 4.59. The van der Waals surface area contributed by atoms with Gasteiger partial charge in [-0.15, -0.1) is 0 Å². The number of nitrogens with zero attached hydrogens (tertiary/aromatic N) is 1. The van der Waals surface area contributed by atoms with Crippen molar-refractivity contribution >= 4 is 28.6 Å². The van der Waals surface area contributed by atoms with Crippen molar-refractivity contribution in [1.82, 2.24) is 15.5 Å². The topological polar surface area (TPSA) is 96.1 Å². The summed E-state index contributed by atoms with van der Waals surface area (Å²) >= 11 is 0. The molecular weight excluding hydrogens is 317 g/mol. The van der Waals surface area contributed by atoms with Crippen LogP contribution in [-0.4, -0.2) is 41.5 Å². The molecule has 7 nitrogen and oxygen atoms in total. The van der Waals surface area contributed by atoms with Gasteiger partial charge in [0.1, 0.15) is 6.54 Å². The highest BCUT2D eigenvalue weighted by molar-refractivity contribution is 6.02. The average Bonchev–Trinajstić information content (AvgIpc) is 2.96. The van der Waals surface area contributed by atoms with Crippen LogP contribution in [0, 0.1) is 6.92 Å². The number of alkyl halides is 3. The van der Waals surface area contributed by atoms with Crippen molar-refractivity contribution in [3.05, 3.63) is 23.9 Å². The van der Waals surface area contributed by atoms with E-state index in [1.54, 1.807) is 18.3 Å². The minimum atomic E-state index is -4.62. The maximum Gasteiger partial charge on any atom is 0.422 e. The van der Waals surface area contributed by atoms with Crippen molar-refractivity contribution in [3.8, 4) is 0 Å². The number of ether oxygens (including phenoxy) is 1. The number of aromatic amines is 1. The van der Waals surface area contributed by atoms with Crippen molar-refractivity contribution in [3.63, 3.8) is 0 Å². The van der Waals surface area contributed by atoms with Gasteiger partial charge in [0.25, 0.3) is 0 Å². The molecule has 2 rings (SSSR count). The number of carbonyl (C=O) groups excluding carboxylic acids is 2. The number of aromatic nitrogens is 2. The van der Waals surface area contributed by atoms with Gasteiger partial charge >= 0.3 is 12.3 Å². The van der Waals surface area contributed by atoms with Gasteiger partial charge < -0.3 is 15.4 Å². The number of alkyl carbamates (subject to hydrolysis) is 1. The van der Waals surface area contributed by atoms with Crippen molar-refractivity contribution in [2.24, 2.45) is 0 Å². The summed E-state index contributed by atoms with van der Waals surface area (Å²) in [6.45, 7) is -0.366. The molecule has 10 heteroatoms. The first-order valence-corrected chi connectivity index (χ1v) is 6.46. The number of carbonyl (C=O) groups is 2. The summed E-state index contributed by atoms with van der Waals surface area (Å²) < 4.78 is 39.5. The number of benzene rings is 1. The Morgan fingerprint density at radius 1 is 1.35 bits per heavy atom. The highest BCUT2D eigenvalue weighted by Gasteiger charge is 2.29. The summed E-state index contributed by atoms with van der Waals surface area (Å²) in [7, 11) is 0. The van der Waals surface area contributed by atoms with Crippen LogP contribution in [-0.2, 0) is 9.53 Å². The van der Waals surface area contributed by atoms with E-state index in [0.29, 0.717) is 11.2 Å². The molecule has 0 saturated carbocycles. The summed E-state index contributed by atoms with van der Waals surface area (Å²) in [5.74, 6) is -0.617. The first kappa shape index (κ1) is 16.6. The van der Waals surface area contributed by atoms with E-state index in [9.17, 15) is 22.8 Å². The summed E-state index contributed by atoms with van der Waals surface area (Å²) in [5.41, 5.74) is 2.01. The molecule has 0 aliphatic heterocycles. The molecule has 1 aromatic heterocycles. The van der Waals surface area contributed by atoms with Crippen LogP contribution in [0.5, 0.6) is 0 Å². The van der Waals surface area contributed by atoms with Crippen LogP contribution < -0.4 is 10.6 Å². The minimum Gasteiger partial charge on any atom is -0.440 e. The quantitative estimate of drug-likeness (QED) is 0.800. The Balaban J connectivity index is 1.88. The molecule has 1 heterocycles. The summed E-state index contributed by atoms with van der Waals surface area (Å²) in [6, 6.07) is 3.42. The maximum atomic E-state index is 11.9. The normalized spacial score (nSPS) is 11.3. The molecule has 0 spiro atoms. The largest absolute Gasteiger partial charge is 0.440 e. The van der Waals surface area contributed by atoms with E-state index in [4.69, 9.17) is 0 Å². The molecule has 2 amide bonds. The van der Waals surface area contributed by atoms with E-state index in [1.807, 2.05) is 12.2 Å². The van der Waals surface area contributed by atoms with Gasteiger partial charge in [0.15, 0.2) is 6.61 Å². The highest BCUT2D eigenvalue weighted by atomic mass is 19.4. The van der Waals surface area contributed by atoms with Gasteiger partial charge in [-0.05, 0) is 18.6 Å². The van der Waals surface area contributed by atoms with E-state index in [-0.39, 0.29) is 0 Å². The number of anilines is 1. The molecule has 23 heavy (non-hydrogen) atoms. The van der Waals surface area contributed by atoms with Crippen molar-refractivity contribution in [2.75, 3.05) is 18.5 Å². The second kappa shape index (κ2) is 6.55. The monoisotopic (exact) mass is 330 g/mol. The fourth-order valence-corrected chi connectivity index (χ4v) is 1.82. The number of fused-ring (bicyclic) bond motifs is 1. The zero-order valence-electron chi connectivity index (χ0n) is 12.0. The molecule has 124 valence electrons. The number of H-pyrrole nitrogens is 1. The smallest absolute Gasteiger partial charge is 0.422 e. The Labute approximate surface area is 128 Å². The predicted octanol–water partition coefficient (Wildman–Crippen LogP) is 2.10. The minimum absolute atomic E-state index is 0.443. The molecule has 0 unspecified atom stereocenters. The van der Waals surface area contributed by atoms with Crippen molar-refractivity contribution in [2.45, 2.75) is 13.1 Å². The molecule has 3 N–H and O–H groups in total. The second-order valence-corrected chi connectivity index (χ2v) is 4.68. The fraction of sp³-hybridized carbons (Fsp3) is 0.308. The average molecular weight is 330 g/mol. The molecule has 0 radical (unpaired) electrons. The predicted molar refractivity (Wildman–Crippen MR) is 74.9 cm³/mol. The van der Waals surface area contributed by atoms with Crippen LogP contribution >= 0.6 is 0 Å². The number of amides is 2. The lowest BCUT2D eigenvalue weighted by molar-refractivity contribution is -0.160. The molecule has 1 aromatic carbocycles. The standard InChI is InChI=1S/C13H13F3N4O3/c1-7-2-3-9(11-8(7)4-18-20-11)19-10(21)5-17-12(22)23-6-13(14,15)16/h2-4H,5-6H2,1H3,(H,17,22)(H,18,20)(H,19,21). The van der Waals surface area contributed by atoms with E-state index in [1.165, 1.54) is 0 Å². The fourth-order valence-electron chi connectivity index (χ4n) is 1.82. The Morgan fingerprint density at radius 3 is 2.78 bits per heavy atom. The Hall–Kier alpha value is -2.78. The lowest BCUT2D eigenvalue weighted by Crippen LogP contribution is -2.35. The summed E-state index contributed by atoms with van der Waals surface area (Å²) in [4.78, 5) is 22.8. The third-order valence-corrected chi connectivity index (χ3v) is 2.87. The Bertz CT molecular complexity index is 727. The van der Waals surface area contributed by atoms with Crippen LogP contribution in [0.4, 0.5) is 23.7 Å². The van der Waals surface area contributed by atoms with Gasteiger partial charge in [-0.1, -0.05) is 6.07 Å². The van der Waals surface area contributed by atoms with E-state index in [2.05, 4.69) is 20.3 Å². The molecule has 0 bridgehead atoms. The van der Waals surface area contributed by atoms with E-state index in [0.717, 1.165) is 10.9 Å². The van der Waals surface area contributed by atoms with Crippen LogP contribution in [0.1, 0.15) is 5.56 Å². The van der Waals surface area contributed by atoms with Gasteiger partial charge in [0.2, 0.25) is 5.91 Å². The van der Waals surface area contributed by atoms with Gasteiger partial charge in [0, 0.05) is 5.39 Å². The van der Waals surface area contributed by atoms with Crippen LogP contribution in [0.3, 0.4) is 0 Å². The van der Waals surface area contributed by atoms with Crippen LogP contribution in [0.2, 0.25) is 0 Å². The molecule has 0 aliphatic rings. The zero-order chi connectivity index (χ0) is 17.0. The van der Waals surface area contributed by atoms with Gasteiger partial charge in [0.05, 0.1) is 17.4 Å². The number of hydrogen-bond acceptors (Lipinski definition) is 4. The Morgan fingerprint density at radius 2 is 2.09 bits per heavy atom. The first-order valence-electron chi connectivity index (χ1n) is 6.46. The van der Waals surface area contributed by atoms with Crippen LogP contribution in [0.15, 0.2) is 18.3 Å². The first-order chi connectivity index (χ1) is 10.8. The number of hydrogen-bond donors (Lipinski definition) is 3. The molecule has 0 saturated heterocycles. The molecule has 2 aromatic rings. The molecule has 0 aliphatic carbocycles. The molecular formula is C13H13F3N4O3. The van der Waals surface area contributed by atoms with E-state index >= 15 is 0 Å². The number of halogens is 3. The Kier molecular flexibility index (Phi) is 4.72. The molecule has 0 atom stereocenters. The number of rotatable bonds is 4. The van der Waals surface area contributed by atoms with Gasteiger partial charge in [-0.2, -0.15) is 18.3 Å². The molecule has 0 fully saturated rings. The third-order valence-electron chi connectivity index (χ3n) is 2.87. The van der Waals surface area contributed by atoms with Crippen LogP contribution in [0.25, 0.3) is 10.9 Å². The maximum absolute atomic E-state index is 11.9. The van der Waals surface area contributed by atoms with Gasteiger partial charge in [-0.3, -0.25) is 9.89 Å². The van der Waals surface area contributed by atoms with E-state index < -0.39 is 31.3 Å². The highest BCUT2D eigenvalue weighted by Crippen LogP contribution is 2.23. The zero-order valence-corrected chi connectivity index (χ0v) is 12.0.